The first-order chi connectivity index (χ1) is 5.86. The molecular formula is C11H12O. The molecule has 0 aromatic heterocycles. The van der Waals surface area contributed by atoms with Gasteiger partial charge in [0.2, 0.25) is 0 Å². The lowest BCUT2D eigenvalue weighted by atomic mass is 10.1. The molecule has 0 fully saturated rings. The van der Waals surface area contributed by atoms with Gasteiger partial charge in [-0.25, -0.2) is 0 Å². The van der Waals surface area contributed by atoms with Crippen molar-refractivity contribution in [3.8, 4) is 5.75 Å². The number of aromatic hydroxyl groups is 1. The van der Waals surface area contributed by atoms with Crippen LogP contribution in [-0.4, -0.2) is 5.11 Å². The van der Waals surface area contributed by atoms with E-state index in [4.69, 9.17) is 0 Å². The zero-order chi connectivity index (χ0) is 8.39. The van der Waals surface area contributed by atoms with Gasteiger partial charge in [-0.1, -0.05) is 18.2 Å². The third-order valence-corrected chi connectivity index (χ3v) is 2.26. The third-order valence-electron chi connectivity index (χ3n) is 2.26. The van der Waals surface area contributed by atoms with Gasteiger partial charge in [0.1, 0.15) is 5.75 Å². The van der Waals surface area contributed by atoms with Crippen LogP contribution in [0, 0.1) is 0 Å². The van der Waals surface area contributed by atoms with Crippen molar-refractivity contribution in [1.29, 1.82) is 0 Å². The number of phenols is 1. The summed E-state index contributed by atoms with van der Waals surface area (Å²) in [6.07, 6.45) is 5.86. The van der Waals surface area contributed by atoms with Crippen LogP contribution in [0.25, 0.3) is 5.57 Å². The molecule has 62 valence electrons. The molecule has 1 aliphatic carbocycles. The molecule has 1 aromatic rings. The lowest BCUT2D eigenvalue weighted by Crippen LogP contribution is -1.78. The van der Waals surface area contributed by atoms with Crippen LogP contribution in [-0.2, 0) is 0 Å². The molecule has 0 radical (unpaired) electrons. The van der Waals surface area contributed by atoms with E-state index < -0.39 is 0 Å². The smallest absolute Gasteiger partial charge is 0.116 e. The molecule has 1 heteroatoms. The van der Waals surface area contributed by atoms with E-state index in [0.717, 1.165) is 6.42 Å². The van der Waals surface area contributed by atoms with Gasteiger partial charge < -0.3 is 5.11 Å². The average Bonchev–Trinajstić information content (AvgIpc) is 2.56. The molecule has 12 heavy (non-hydrogen) atoms. The minimum absolute atomic E-state index is 0.361. The first-order valence-electron chi connectivity index (χ1n) is 4.35. The predicted molar refractivity (Wildman–Crippen MR) is 49.9 cm³/mol. The summed E-state index contributed by atoms with van der Waals surface area (Å²) in [7, 11) is 0. The van der Waals surface area contributed by atoms with Crippen LogP contribution in [0.5, 0.6) is 5.75 Å². The van der Waals surface area contributed by atoms with E-state index in [0.29, 0.717) is 5.75 Å². The van der Waals surface area contributed by atoms with E-state index in [9.17, 15) is 5.11 Å². The second-order valence-corrected chi connectivity index (χ2v) is 3.17. The van der Waals surface area contributed by atoms with Crippen molar-refractivity contribution in [2.24, 2.45) is 0 Å². The molecule has 0 saturated heterocycles. The second kappa shape index (κ2) is 3.02. The fourth-order valence-electron chi connectivity index (χ4n) is 1.64. The Morgan fingerprint density at radius 1 is 1.25 bits per heavy atom. The molecule has 0 aliphatic heterocycles. The fraction of sp³-hybridized carbons (Fsp3) is 0.273. The van der Waals surface area contributed by atoms with Crippen molar-refractivity contribution in [2.45, 2.75) is 19.3 Å². The van der Waals surface area contributed by atoms with Gasteiger partial charge in [-0.05, 0) is 42.5 Å². The van der Waals surface area contributed by atoms with Crippen molar-refractivity contribution >= 4 is 5.57 Å². The van der Waals surface area contributed by atoms with Crippen LogP contribution in [0.1, 0.15) is 24.8 Å². The van der Waals surface area contributed by atoms with Crippen molar-refractivity contribution < 1.29 is 5.11 Å². The zero-order valence-corrected chi connectivity index (χ0v) is 6.96. The Morgan fingerprint density at radius 3 is 2.83 bits per heavy atom. The quantitative estimate of drug-likeness (QED) is 0.669. The summed E-state index contributed by atoms with van der Waals surface area (Å²) in [6.45, 7) is 0. The molecule has 0 unspecified atom stereocenters. The average molecular weight is 160 g/mol. The molecule has 1 nitrogen and oxygen atoms in total. The number of benzene rings is 1. The number of rotatable bonds is 1. The SMILES string of the molecule is Oc1cccc(C2=CCCC2)c1. The molecule has 0 bridgehead atoms. The van der Waals surface area contributed by atoms with Crippen molar-refractivity contribution in [3.63, 3.8) is 0 Å². The van der Waals surface area contributed by atoms with Gasteiger partial charge in [-0.15, -0.1) is 0 Å². The topological polar surface area (TPSA) is 20.2 Å². The van der Waals surface area contributed by atoms with Crippen LogP contribution in [0.2, 0.25) is 0 Å². The van der Waals surface area contributed by atoms with E-state index in [-0.39, 0.29) is 0 Å². The second-order valence-electron chi connectivity index (χ2n) is 3.17. The van der Waals surface area contributed by atoms with Gasteiger partial charge in [0.05, 0.1) is 0 Å². The normalized spacial score (nSPS) is 16.2. The Morgan fingerprint density at radius 2 is 2.17 bits per heavy atom. The standard InChI is InChI=1S/C11H12O/c12-11-7-3-6-10(8-11)9-4-1-2-5-9/h3-4,6-8,12H,1-2,5H2. The first kappa shape index (κ1) is 7.41. The van der Waals surface area contributed by atoms with Crippen LogP contribution in [0.15, 0.2) is 30.3 Å². The zero-order valence-electron chi connectivity index (χ0n) is 6.96. The van der Waals surface area contributed by atoms with E-state index in [1.54, 1.807) is 6.07 Å². The van der Waals surface area contributed by atoms with Crippen LogP contribution >= 0.6 is 0 Å². The molecule has 0 saturated carbocycles. The lowest BCUT2D eigenvalue weighted by Gasteiger charge is -2.01. The van der Waals surface area contributed by atoms with Gasteiger partial charge in [-0.2, -0.15) is 0 Å². The lowest BCUT2D eigenvalue weighted by molar-refractivity contribution is 0.475. The van der Waals surface area contributed by atoms with E-state index in [2.05, 4.69) is 12.1 Å². The Hall–Kier alpha value is -1.24. The van der Waals surface area contributed by atoms with Crippen molar-refractivity contribution in [2.75, 3.05) is 0 Å². The Balaban J connectivity index is 2.33. The summed E-state index contributed by atoms with van der Waals surface area (Å²) >= 11 is 0. The molecule has 0 atom stereocenters. The van der Waals surface area contributed by atoms with E-state index in [1.807, 2.05) is 12.1 Å². The monoisotopic (exact) mass is 160 g/mol. The summed E-state index contributed by atoms with van der Waals surface area (Å²) < 4.78 is 0. The highest BCUT2D eigenvalue weighted by atomic mass is 16.3. The molecule has 1 aliphatic rings. The summed E-state index contributed by atoms with van der Waals surface area (Å²) in [4.78, 5) is 0. The molecule has 2 rings (SSSR count). The van der Waals surface area contributed by atoms with Crippen molar-refractivity contribution in [1.82, 2.24) is 0 Å². The molecule has 0 heterocycles. The molecule has 1 aromatic carbocycles. The maximum atomic E-state index is 9.25. The summed E-state index contributed by atoms with van der Waals surface area (Å²) in [5.74, 6) is 0.361. The van der Waals surface area contributed by atoms with Gasteiger partial charge in [0, 0.05) is 0 Å². The minimum Gasteiger partial charge on any atom is -0.508 e. The Labute approximate surface area is 72.4 Å². The summed E-state index contributed by atoms with van der Waals surface area (Å²) in [5.41, 5.74) is 2.55. The highest BCUT2D eigenvalue weighted by Gasteiger charge is 2.06. The largest absolute Gasteiger partial charge is 0.508 e. The Kier molecular flexibility index (Phi) is 1.86. The van der Waals surface area contributed by atoms with Crippen LogP contribution < -0.4 is 0 Å². The van der Waals surface area contributed by atoms with E-state index >= 15 is 0 Å². The summed E-state index contributed by atoms with van der Waals surface area (Å²) in [6, 6.07) is 7.48. The highest BCUT2D eigenvalue weighted by molar-refractivity contribution is 5.67. The van der Waals surface area contributed by atoms with Crippen LogP contribution in [0.4, 0.5) is 0 Å². The molecule has 1 N–H and O–H groups in total. The van der Waals surface area contributed by atoms with Crippen molar-refractivity contribution in [3.05, 3.63) is 35.9 Å². The van der Waals surface area contributed by atoms with Gasteiger partial charge in [0.15, 0.2) is 0 Å². The molecule has 0 amide bonds. The molecule has 0 spiro atoms. The maximum absolute atomic E-state index is 9.25. The highest BCUT2D eigenvalue weighted by Crippen LogP contribution is 2.28. The first-order valence-corrected chi connectivity index (χ1v) is 4.35. The van der Waals surface area contributed by atoms with Gasteiger partial charge in [0.25, 0.3) is 0 Å². The third kappa shape index (κ3) is 1.35. The molecular weight excluding hydrogens is 148 g/mol. The van der Waals surface area contributed by atoms with Gasteiger partial charge >= 0.3 is 0 Å². The number of hydrogen-bond acceptors (Lipinski definition) is 1. The summed E-state index contributed by atoms with van der Waals surface area (Å²) in [5, 5.41) is 9.25. The minimum atomic E-state index is 0.361. The number of hydrogen-bond donors (Lipinski definition) is 1. The number of allylic oxidation sites excluding steroid dienone is 2. The Bertz CT molecular complexity index is 313. The predicted octanol–water partition coefficient (Wildman–Crippen LogP) is 2.96. The fourth-order valence-corrected chi connectivity index (χ4v) is 1.64. The van der Waals surface area contributed by atoms with Crippen LogP contribution in [0.3, 0.4) is 0 Å². The van der Waals surface area contributed by atoms with Gasteiger partial charge in [-0.3, -0.25) is 0 Å². The number of phenolic OH excluding ortho intramolecular Hbond substituents is 1. The van der Waals surface area contributed by atoms with E-state index in [1.165, 1.54) is 24.0 Å². The maximum Gasteiger partial charge on any atom is 0.116 e.